The SMILES string of the molecule is Nc1cccc(CNS(=O)(=O)c2c(F)cc(F)cc2F)c1. The van der Waals surface area contributed by atoms with E-state index in [1.54, 1.807) is 18.2 Å². The van der Waals surface area contributed by atoms with Crippen molar-refractivity contribution in [3.63, 3.8) is 0 Å². The molecule has 0 aliphatic carbocycles. The van der Waals surface area contributed by atoms with Crippen LogP contribution in [0.4, 0.5) is 18.9 Å². The Morgan fingerprint density at radius 1 is 1.05 bits per heavy atom. The van der Waals surface area contributed by atoms with Gasteiger partial charge in [0, 0.05) is 24.4 Å². The zero-order valence-corrected chi connectivity index (χ0v) is 11.4. The van der Waals surface area contributed by atoms with Gasteiger partial charge in [-0.05, 0) is 17.7 Å². The molecule has 0 fully saturated rings. The molecule has 0 unspecified atom stereocenters. The maximum atomic E-state index is 13.5. The van der Waals surface area contributed by atoms with E-state index in [-0.39, 0.29) is 6.54 Å². The molecule has 0 spiro atoms. The van der Waals surface area contributed by atoms with Crippen LogP contribution in [0.25, 0.3) is 0 Å². The van der Waals surface area contributed by atoms with Crippen molar-refractivity contribution >= 4 is 15.7 Å². The third-order valence-electron chi connectivity index (χ3n) is 2.65. The third kappa shape index (κ3) is 3.53. The minimum atomic E-state index is -4.46. The molecule has 0 saturated heterocycles. The van der Waals surface area contributed by atoms with Crippen molar-refractivity contribution in [2.24, 2.45) is 0 Å². The molecule has 8 heteroatoms. The largest absolute Gasteiger partial charge is 0.399 e. The Hall–Kier alpha value is -2.06. The fourth-order valence-corrected chi connectivity index (χ4v) is 2.87. The second kappa shape index (κ2) is 5.74. The second-order valence-corrected chi connectivity index (χ2v) is 5.97. The Bertz CT molecular complexity index is 756. The van der Waals surface area contributed by atoms with Gasteiger partial charge in [0.05, 0.1) is 0 Å². The lowest BCUT2D eigenvalue weighted by Crippen LogP contribution is -2.25. The first kappa shape index (κ1) is 15.3. The molecule has 0 amide bonds. The van der Waals surface area contributed by atoms with E-state index in [9.17, 15) is 21.6 Å². The van der Waals surface area contributed by atoms with Gasteiger partial charge in [0.1, 0.15) is 17.5 Å². The zero-order valence-electron chi connectivity index (χ0n) is 10.6. The maximum absolute atomic E-state index is 13.5. The average Bonchev–Trinajstić information content (AvgIpc) is 2.35. The van der Waals surface area contributed by atoms with Gasteiger partial charge >= 0.3 is 0 Å². The summed E-state index contributed by atoms with van der Waals surface area (Å²) in [6.07, 6.45) is 0. The highest BCUT2D eigenvalue weighted by atomic mass is 32.2. The molecule has 4 nitrogen and oxygen atoms in total. The van der Waals surface area contributed by atoms with Crippen molar-refractivity contribution in [1.82, 2.24) is 4.72 Å². The summed E-state index contributed by atoms with van der Waals surface area (Å²) in [5, 5.41) is 0. The van der Waals surface area contributed by atoms with Crippen LogP contribution >= 0.6 is 0 Å². The van der Waals surface area contributed by atoms with E-state index in [1.165, 1.54) is 6.07 Å². The maximum Gasteiger partial charge on any atom is 0.246 e. The summed E-state index contributed by atoms with van der Waals surface area (Å²) >= 11 is 0. The summed E-state index contributed by atoms with van der Waals surface area (Å²) in [5.74, 6) is -4.18. The van der Waals surface area contributed by atoms with Crippen LogP contribution in [-0.2, 0) is 16.6 Å². The van der Waals surface area contributed by atoms with Crippen LogP contribution in [-0.4, -0.2) is 8.42 Å². The first-order chi connectivity index (χ1) is 9.79. The summed E-state index contributed by atoms with van der Waals surface area (Å²) in [6, 6.07) is 6.93. The normalized spacial score (nSPS) is 11.6. The van der Waals surface area contributed by atoms with Crippen LogP contribution in [0.1, 0.15) is 5.56 Å². The van der Waals surface area contributed by atoms with Gasteiger partial charge in [0.25, 0.3) is 0 Å². The predicted molar refractivity (Wildman–Crippen MR) is 71.2 cm³/mol. The molecule has 0 radical (unpaired) electrons. The first-order valence-electron chi connectivity index (χ1n) is 5.78. The summed E-state index contributed by atoms with van der Waals surface area (Å²) in [4.78, 5) is -1.21. The monoisotopic (exact) mass is 316 g/mol. The van der Waals surface area contributed by atoms with Gasteiger partial charge in [-0.3, -0.25) is 0 Å². The number of anilines is 1. The molecule has 0 atom stereocenters. The lowest BCUT2D eigenvalue weighted by Gasteiger charge is -2.09. The van der Waals surface area contributed by atoms with Crippen molar-refractivity contribution in [1.29, 1.82) is 0 Å². The van der Waals surface area contributed by atoms with Gasteiger partial charge < -0.3 is 5.73 Å². The Balaban J connectivity index is 2.27. The van der Waals surface area contributed by atoms with E-state index in [4.69, 9.17) is 5.73 Å². The van der Waals surface area contributed by atoms with E-state index in [0.29, 0.717) is 23.4 Å². The van der Waals surface area contributed by atoms with Gasteiger partial charge in [0.15, 0.2) is 4.90 Å². The molecule has 0 aliphatic heterocycles. The topological polar surface area (TPSA) is 72.2 Å². The smallest absolute Gasteiger partial charge is 0.246 e. The molecule has 2 aromatic rings. The Morgan fingerprint density at radius 2 is 1.67 bits per heavy atom. The molecular formula is C13H11F3N2O2S. The number of rotatable bonds is 4. The van der Waals surface area contributed by atoms with E-state index in [1.807, 2.05) is 4.72 Å². The fourth-order valence-electron chi connectivity index (χ4n) is 1.74. The third-order valence-corrected chi connectivity index (χ3v) is 4.10. The van der Waals surface area contributed by atoms with Crippen molar-refractivity contribution in [2.75, 3.05) is 5.73 Å². The summed E-state index contributed by atoms with van der Waals surface area (Å²) < 4.78 is 65.6. The first-order valence-corrected chi connectivity index (χ1v) is 7.26. The molecule has 112 valence electrons. The summed E-state index contributed by atoms with van der Waals surface area (Å²) in [7, 11) is -4.46. The lowest BCUT2D eigenvalue weighted by atomic mass is 10.2. The molecule has 2 aromatic carbocycles. The van der Waals surface area contributed by atoms with Crippen LogP contribution in [0.2, 0.25) is 0 Å². The van der Waals surface area contributed by atoms with Crippen molar-refractivity contribution in [3.05, 3.63) is 59.4 Å². The van der Waals surface area contributed by atoms with Gasteiger partial charge in [-0.15, -0.1) is 0 Å². The minimum absolute atomic E-state index is 0.205. The van der Waals surface area contributed by atoms with E-state index in [0.717, 1.165) is 0 Å². The number of benzene rings is 2. The number of nitrogens with one attached hydrogen (secondary N) is 1. The van der Waals surface area contributed by atoms with E-state index in [2.05, 4.69) is 0 Å². The van der Waals surface area contributed by atoms with Crippen molar-refractivity contribution in [3.8, 4) is 0 Å². The average molecular weight is 316 g/mol. The number of halogens is 3. The number of sulfonamides is 1. The summed E-state index contributed by atoms with van der Waals surface area (Å²) in [5.41, 5.74) is 6.47. The fraction of sp³-hybridized carbons (Fsp3) is 0.0769. The molecule has 0 saturated carbocycles. The number of nitrogens with two attached hydrogens (primary N) is 1. The van der Waals surface area contributed by atoms with E-state index >= 15 is 0 Å². The predicted octanol–water partition coefficient (Wildman–Crippen LogP) is 2.16. The molecule has 0 aromatic heterocycles. The number of hydrogen-bond acceptors (Lipinski definition) is 3. The van der Waals surface area contributed by atoms with Gasteiger partial charge in [-0.25, -0.2) is 26.3 Å². The van der Waals surface area contributed by atoms with Crippen molar-refractivity contribution < 1.29 is 21.6 Å². The molecular weight excluding hydrogens is 305 g/mol. The van der Waals surface area contributed by atoms with Crippen LogP contribution in [0.5, 0.6) is 0 Å². The molecule has 21 heavy (non-hydrogen) atoms. The highest BCUT2D eigenvalue weighted by Crippen LogP contribution is 2.20. The second-order valence-electron chi connectivity index (χ2n) is 4.27. The van der Waals surface area contributed by atoms with Gasteiger partial charge in [-0.1, -0.05) is 12.1 Å². The van der Waals surface area contributed by atoms with Crippen LogP contribution < -0.4 is 10.5 Å². The van der Waals surface area contributed by atoms with Crippen molar-refractivity contribution in [2.45, 2.75) is 11.4 Å². The molecule has 3 N–H and O–H groups in total. The van der Waals surface area contributed by atoms with Gasteiger partial charge in [0.2, 0.25) is 10.0 Å². The standard InChI is InChI=1S/C13H11F3N2O2S/c14-9-5-11(15)13(12(16)6-9)21(19,20)18-7-8-2-1-3-10(17)4-8/h1-6,18H,7,17H2. The summed E-state index contributed by atoms with van der Waals surface area (Å²) in [6.45, 7) is -0.205. The Morgan fingerprint density at radius 3 is 2.24 bits per heavy atom. The van der Waals surface area contributed by atoms with Gasteiger partial charge in [-0.2, -0.15) is 0 Å². The quantitative estimate of drug-likeness (QED) is 0.849. The molecule has 2 rings (SSSR count). The lowest BCUT2D eigenvalue weighted by molar-refractivity contribution is 0.493. The Kier molecular flexibility index (Phi) is 4.19. The van der Waals surface area contributed by atoms with Crippen LogP contribution in [0, 0.1) is 17.5 Å². The molecule has 0 bridgehead atoms. The highest BCUT2D eigenvalue weighted by Gasteiger charge is 2.24. The minimum Gasteiger partial charge on any atom is -0.399 e. The molecule has 0 heterocycles. The highest BCUT2D eigenvalue weighted by molar-refractivity contribution is 7.89. The number of hydrogen-bond donors (Lipinski definition) is 2. The number of nitrogen functional groups attached to an aromatic ring is 1. The van der Waals surface area contributed by atoms with Crippen LogP contribution in [0.15, 0.2) is 41.3 Å². The zero-order chi connectivity index (χ0) is 15.6. The Labute approximate surface area is 119 Å². The van der Waals surface area contributed by atoms with Crippen LogP contribution in [0.3, 0.4) is 0 Å². The molecule has 0 aliphatic rings. The van der Waals surface area contributed by atoms with E-state index < -0.39 is 32.4 Å².